The third kappa shape index (κ3) is 6.50. The molecule has 47 valence electrons. The molecule has 7 heavy (non-hydrogen) atoms. The summed E-state index contributed by atoms with van der Waals surface area (Å²) in [6.45, 7) is 0.108. The van der Waals surface area contributed by atoms with Crippen LogP contribution in [0.4, 0.5) is 0 Å². The minimum absolute atomic E-state index is 0. The number of aliphatic hydroxyl groups excluding tert-OH is 3. The van der Waals surface area contributed by atoms with Gasteiger partial charge in [0.05, 0.1) is 0 Å². The van der Waals surface area contributed by atoms with Crippen LogP contribution in [-0.4, -0.2) is 28.0 Å². The number of aliphatic hydroxyl groups is 3. The topological polar surface area (TPSA) is 60.7 Å². The Morgan fingerprint density at radius 3 is 2.00 bits per heavy atom. The molecular weight excluding hydrogens is 187 g/mol. The second kappa shape index (κ2) is 6.50. The molecule has 0 bridgehead atoms. The third-order valence-electron chi connectivity index (χ3n) is 0.359. The summed E-state index contributed by atoms with van der Waals surface area (Å²) in [5, 5.41) is 23.8. The Labute approximate surface area is 54.7 Å². The maximum Gasteiger partial charge on any atom is 0.0429 e. The number of hydrogen-bond donors (Lipinski definition) is 3. The summed E-state index contributed by atoms with van der Waals surface area (Å²) in [6.07, 6.45) is -1.08. The van der Waals surface area contributed by atoms with Gasteiger partial charge in [-0.1, -0.05) is 0 Å². The van der Waals surface area contributed by atoms with Gasteiger partial charge in [-0.05, 0) is 6.10 Å². The molecule has 0 spiro atoms. The van der Waals surface area contributed by atoms with E-state index in [1.807, 2.05) is 0 Å². The van der Waals surface area contributed by atoms with E-state index in [-0.39, 0.29) is 19.5 Å². The van der Waals surface area contributed by atoms with Crippen molar-refractivity contribution >= 4 is 0 Å². The van der Waals surface area contributed by atoms with Crippen LogP contribution >= 0.6 is 0 Å². The van der Waals surface area contributed by atoms with Crippen LogP contribution in [0.1, 0.15) is 0 Å². The molecule has 3 nitrogen and oxygen atoms in total. The van der Waals surface area contributed by atoms with Gasteiger partial charge in [-0.25, -0.2) is 0 Å². The molecule has 1 radical (unpaired) electrons. The van der Waals surface area contributed by atoms with Gasteiger partial charge in [0.1, 0.15) is 0 Å². The Kier molecular flexibility index (Phi) is 9.73. The van der Waals surface area contributed by atoms with E-state index in [0.29, 0.717) is 6.61 Å². The van der Waals surface area contributed by atoms with Gasteiger partial charge in [0.15, 0.2) is 0 Å². The Balaban J connectivity index is 0. The van der Waals surface area contributed by atoms with Gasteiger partial charge in [-0.15, -0.1) is 0 Å². The van der Waals surface area contributed by atoms with Crippen molar-refractivity contribution in [3.63, 3.8) is 0 Å². The molecule has 4 heteroatoms. The Morgan fingerprint density at radius 1 is 1.57 bits per heavy atom. The predicted octanol–water partition coefficient (Wildman–Crippen LogP) is -1.13. The van der Waals surface area contributed by atoms with Crippen LogP contribution < -0.4 is 0 Å². The summed E-state index contributed by atoms with van der Waals surface area (Å²) < 4.78 is 0. The molecule has 0 fully saturated rings. The standard InChI is InChI=1S/C3H7O3.Rh/c4-1-3(6)2-5;/h1,3-6H,2H2;/q-1;. The maximum absolute atomic E-state index is 8.11. The molecule has 3 N–H and O–H groups in total. The Hall–Kier alpha value is 0.503. The van der Waals surface area contributed by atoms with Crippen molar-refractivity contribution in [3.05, 3.63) is 6.61 Å². The van der Waals surface area contributed by atoms with Crippen molar-refractivity contribution in [1.29, 1.82) is 0 Å². The van der Waals surface area contributed by atoms with Crippen LogP contribution in [0.5, 0.6) is 0 Å². The monoisotopic (exact) mass is 194 g/mol. The molecule has 0 saturated carbocycles. The summed E-state index contributed by atoms with van der Waals surface area (Å²) in [6, 6.07) is 0. The maximum atomic E-state index is 8.11. The van der Waals surface area contributed by atoms with Crippen molar-refractivity contribution < 1.29 is 34.8 Å². The van der Waals surface area contributed by atoms with Gasteiger partial charge >= 0.3 is 0 Å². The summed E-state index contributed by atoms with van der Waals surface area (Å²) >= 11 is 0. The number of hydrogen-bond acceptors (Lipinski definition) is 3. The van der Waals surface area contributed by atoms with Gasteiger partial charge in [-0.3, -0.25) is 0 Å². The van der Waals surface area contributed by atoms with Gasteiger partial charge in [0.2, 0.25) is 0 Å². The number of rotatable bonds is 2. The van der Waals surface area contributed by atoms with Crippen LogP contribution in [0.25, 0.3) is 0 Å². The first-order valence-electron chi connectivity index (χ1n) is 1.57. The SMILES string of the molecule is O[CH-]C(O)CO.[Rh]. The van der Waals surface area contributed by atoms with Gasteiger partial charge in [0.25, 0.3) is 0 Å². The van der Waals surface area contributed by atoms with Crippen molar-refractivity contribution in [1.82, 2.24) is 0 Å². The van der Waals surface area contributed by atoms with E-state index in [0.717, 1.165) is 0 Å². The smallest absolute Gasteiger partial charge is 0.0429 e. The first kappa shape index (κ1) is 10.5. The zero-order chi connectivity index (χ0) is 4.99. The fourth-order valence-electron chi connectivity index (χ4n) is 0.0471. The average molecular weight is 194 g/mol. The fourth-order valence-corrected chi connectivity index (χ4v) is 0.0471. The Bertz CT molecular complexity index is 29.4. The molecule has 0 aromatic carbocycles. The molecule has 0 amide bonds. The first-order chi connectivity index (χ1) is 2.81. The summed E-state index contributed by atoms with van der Waals surface area (Å²) in [5.74, 6) is 0. The molecule has 0 rings (SSSR count). The minimum Gasteiger partial charge on any atom is -0.563 e. The van der Waals surface area contributed by atoms with Crippen LogP contribution in [0.2, 0.25) is 0 Å². The van der Waals surface area contributed by atoms with Gasteiger partial charge in [0, 0.05) is 26.1 Å². The predicted molar refractivity (Wildman–Crippen MR) is 19.3 cm³/mol. The second-order valence-electron chi connectivity index (χ2n) is 0.899. The van der Waals surface area contributed by atoms with Crippen LogP contribution in [0.15, 0.2) is 0 Å². The van der Waals surface area contributed by atoms with E-state index in [4.69, 9.17) is 15.3 Å². The zero-order valence-electron chi connectivity index (χ0n) is 3.54. The largest absolute Gasteiger partial charge is 0.563 e. The third-order valence-corrected chi connectivity index (χ3v) is 0.359. The van der Waals surface area contributed by atoms with Crippen molar-refractivity contribution in [2.75, 3.05) is 6.61 Å². The summed E-state index contributed by atoms with van der Waals surface area (Å²) in [4.78, 5) is 0. The Morgan fingerprint density at radius 2 is 2.00 bits per heavy atom. The van der Waals surface area contributed by atoms with Crippen molar-refractivity contribution in [2.45, 2.75) is 6.10 Å². The van der Waals surface area contributed by atoms with Crippen LogP contribution in [0, 0.1) is 6.61 Å². The van der Waals surface area contributed by atoms with Gasteiger partial charge < -0.3 is 15.3 Å². The van der Waals surface area contributed by atoms with E-state index in [1.54, 1.807) is 0 Å². The van der Waals surface area contributed by atoms with E-state index in [1.165, 1.54) is 0 Å². The first-order valence-corrected chi connectivity index (χ1v) is 1.57. The van der Waals surface area contributed by atoms with Crippen molar-refractivity contribution in [2.24, 2.45) is 0 Å². The van der Waals surface area contributed by atoms with Crippen LogP contribution in [-0.2, 0) is 19.5 Å². The molecule has 1 atom stereocenters. The van der Waals surface area contributed by atoms with E-state index < -0.39 is 12.7 Å². The van der Waals surface area contributed by atoms with E-state index >= 15 is 0 Å². The van der Waals surface area contributed by atoms with E-state index in [9.17, 15) is 0 Å². The zero-order valence-corrected chi connectivity index (χ0v) is 5.18. The van der Waals surface area contributed by atoms with Crippen LogP contribution in [0.3, 0.4) is 0 Å². The molecule has 0 saturated heterocycles. The average Bonchev–Trinajstić information content (AvgIpc) is 1.65. The molecule has 0 aliphatic rings. The van der Waals surface area contributed by atoms with Crippen molar-refractivity contribution in [3.8, 4) is 0 Å². The summed E-state index contributed by atoms with van der Waals surface area (Å²) in [7, 11) is 0. The summed E-state index contributed by atoms with van der Waals surface area (Å²) in [5.41, 5.74) is 0. The molecule has 1 unspecified atom stereocenters. The molecule has 0 aromatic rings. The fraction of sp³-hybridized carbons (Fsp3) is 0.667. The minimum atomic E-state index is -1.08. The molecule has 0 heterocycles. The van der Waals surface area contributed by atoms with E-state index in [2.05, 4.69) is 0 Å². The molecule has 0 aromatic heterocycles. The van der Waals surface area contributed by atoms with Gasteiger partial charge in [-0.2, -0.15) is 6.61 Å². The molecule has 0 aliphatic carbocycles. The quantitative estimate of drug-likeness (QED) is 0.385. The second-order valence-corrected chi connectivity index (χ2v) is 0.899. The molecular formula is C3H7O3Rh-. The normalized spacial score (nSPS) is 12.4. The molecule has 0 aliphatic heterocycles.